The van der Waals surface area contributed by atoms with Crippen LogP contribution in [0.15, 0.2) is 61.1 Å². The fourth-order valence-electron chi connectivity index (χ4n) is 4.30. The molecular weight excluding hydrogens is 446 g/mol. The van der Waals surface area contributed by atoms with Gasteiger partial charge in [0.1, 0.15) is 17.0 Å². The summed E-state index contributed by atoms with van der Waals surface area (Å²) in [6, 6.07) is 13.7. The van der Waals surface area contributed by atoms with Crippen LogP contribution in [0.1, 0.15) is 21.5 Å². The molecule has 35 heavy (non-hydrogen) atoms. The summed E-state index contributed by atoms with van der Waals surface area (Å²) in [5.74, 6) is 0.985. The van der Waals surface area contributed by atoms with E-state index in [0.717, 1.165) is 12.8 Å². The second-order valence-electron chi connectivity index (χ2n) is 8.26. The van der Waals surface area contributed by atoms with Gasteiger partial charge in [0.15, 0.2) is 5.82 Å². The first-order chi connectivity index (χ1) is 17.2. The van der Waals surface area contributed by atoms with E-state index < -0.39 is 0 Å². The highest BCUT2D eigenvalue weighted by atomic mass is 16.5. The molecule has 1 amide bonds. The van der Waals surface area contributed by atoms with Crippen molar-refractivity contribution in [1.29, 1.82) is 0 Å². The maximum Gasteiger partial charge on any atom is 0.260 e. The molecule has 3 aromatic heterocycles. The largest absolute Gasteiger partial charge is 0.496 e. The van der Waals surface area contributed by atoms with E-state index in [0.29, 0.717) is 39.8 Å². The van der Waals surface area contributed by atoms with Crippen molar-refractivity contribution in [2.24, 2.45) is 0 Å². The van der Waals surface area contributed by atoms with Gasteiger partial charge in [0.25, 0.3) is 5.91 Å². The van der Waals surface area contributed by atoms with Gasteiger partial charge in [-0.25, -0.2) is 14.6 Å². The highest BCUT2D eigenvalue weighted by Crippen LogP contribution is 2.25. The van der Waals surface area contributed by atoms with Gasteiger partial charge >= 0.3 is 0 Å². The van der Waals surface area contributed by atoms with Crippen LogP contribution in [0.25, 0.3) is 16.7 Å². The molecule has 0 fully saturated rings. The average molecular weight is 467 g/mol. The van der Waals surface area contributed by atoms with E-state index in [4.69, 9.17) is 4.74 Å². The summed E-state index contributed by atoms with van der Waals surface area (Å²) in [6.07, 6.45) is 7.03. The lowest BCUT2D eigenvalue weighted by atomic mass is 10.1. The molecule has 0 unspecified atom stereocenters. The Kier molecular flexibility index (Phi) is 5.06. The third-order valence-electron chi connectivity index (χ3n) is 6.01. The van der Waals surface area contributed by atoms with Gasteiger partial charge in [-0.2, -0.15) is 0 Å². The van der Waals surface area contributed by atoms with Gasteiger partial charge in [-0.05, 0) is 30.0 Å². The number of benzene rings is 2. The van der Waals surface area contributed by atoms with Gasteiger partial charge in [0.05, 0.1) is 30.6 Å². The van der Waals surface area contributed by atoms with Gasteiger partial charge in [-0.15, -0.1) is 10.2 Å². The summed E-state index contributed by atoms with van der Waals surface area (Å²) in [7, 11) is 1.50. The maximum absolute atomic E-state index is 12.9. The molecule has 0 spiro atoms. The minimum Gasteiger partial charge on any atom is -0.496 e. The monoisotopic (exact) mass is 467 g/mol. The topological polar surface area (TPSA) is 136 Å². The highest BCUT2D eigenvalue weighted by Gasteiger charge is 2.21. The van der Waals surface area contributed by atoms with Crippen molar-refractivity contribution in [3.8, 4) is 11.4 Å². The average Bonchev–Trinajstić information content (AvgIpc) is 3.62. The van der Waals surface area contributed by atoms with E-state index in [1.807, 2.05) is 0 Å². The van der Waals surface area contributed by atoms with Gasteiger partial charge in [0, 0.05) is 24.4 Å². The van der Waals surface area contributed by atoms with E-state index in [9.17, 15) is 4.79 Å². The van der Waals surface area contributed by atoms with Crippen molar-refractivity contribution >= 4 is 28.7 Å². The molecule has 0 saturated carbocycles. The number of carbonyl (C=O) groups is 1. The van der Waals surface area contributed by atoms with Gasteiger partial charge < -0.3 is 15.4 Å². The molecule has 11 heteroatoms. The summed E-state index contributed by atoms with van der Waals surface area (Å²) >= 11 is 0. The van der Waals surface area contributed by atoms with Crippen molar-refractivity contribution in [1.82, 2.24) is 35.2 Å². The predicted molar refractivity (Wildman–Crippen MR) is 129 cm³/mol. The Labute approximate surface area is 199 Å². The normalized spacial score (nSPS) is 13.1. The highest BCUT2D eigenvalue weighted by molar-refractivity contribution is 6.07. The fourth-order valence-corrected chi connectivity index (χ4v) is 4.30. The molecule has 1 aliphatic carbocycles. The summed E-state index contributed by atoms with van der Waals surface area (Å²) < 4.78 is 6.95. The minimum absolute atomic E-state index is 0.276. The number of rotatable bonds is 6. The molecular formula is C24H21N9O2. The van der Waals surface area contributed by atoms with Gasteiger partial charge in [0.2, 0.25) is 5.95 Å². The van der Waals surface area contributed by atoms with Crippen molar-refractivity contribution in [2.45, 2.75) is 18.9 Å². The van der Waals surface area contributed by atoms with Crippen molar-refractivity contribution in [3.05, 3.63) is 77.7 Å². The number of anilines is 2. The third kappa shape index (κ3) is 4.03. The standard InChI is InChI=1S/C24H21N9O2/c1-35-21-11-20-19(29-32-30-20)10-18(21)23(34)28-22-6-7-33(31-22)17-12-25-24(26-13-17)27-16-8-14-4-2-3-5-15(14)9-16/h2-7,10-13,16H,8-9H2,1H3,(H,25,26,27)(H,28,31,34)(H,29,30,32). The van der Waals surface area contributed by atoms with Crippen LogP contribution in [0.4, 0.5) is 11.8 Å². The molecule has 3 N–H and O–H groups in total. The number of hydrogen-bond acceptors (Lipinski definition) is 8. The Morgan fingerprint density at radius 2 is 1.89 bits per heavy atom. The molecule has 5 aromatic rings. The zero-order valence-electron chi connectivity index (χ0n) is 18.8. The van der Waals surface area contributed by atoms with Crippen LogP contribution in [-0.4, -0.2) is 54.2 Å². The number of aromatic amines is 1. The van der Waals surface area contributed by atoms with Crippen molar-refractivity contribution in [2.75, 3.05) is 17.7 Å². The Bertz CT molecular complexity index is 1500. The molecule has 0 saturated heterocycles. The molecule has 0 bridgehead atoms. The first kappa shape index (κ1) is 20.8. The molecule has 0 aliphatic heterocycles. The number of H-pyrrole nitrogens is 1. The lowest BCUT2D eigenvalue weighted by molar-refractivity contribution is 0.102. The number of methoxy groups -OCH3 is 1. The van der Waals surface area contributed by atoms with E-state index in [1.54, 1.807) is 41.5 Å². The van der Waals surface area contributed by atoms with Crippen LogP contribution < -0.4 is 15.4 Å². The first-order valence-corrected chi connectivity index (χ1v) is 11.1. The Balaban J connectivity index is 1.13. The van der Waals surface area contributed by atoms with Crippen LogP contribution >= 0.6 is 0 Å². The number of aromatic nitrogens is 7. The lowest BCUT2D eigenvalue weighted by Crippen LogP contribution is -2.21. The maximum atomic E-state index is 12.9. The number of fused-ring (bicyclic) bond motifs is 2. The molecule has 1 aliphatic rings. The Morgan fingerprint density at radius 1 is 1.11 bits per heavy atom. The van der Waals surface area contributed by atoms with Crippen LogP contribution in [0, 0.1) is 0 Å². The third-order valence-corrected chi connectivity index (χ3v) is 6.01. The summed E-state index contributed by atoms with van der Waals surface area (Å²) in [6.45, 7) is 0. The van der Waals surface area contributed by atoms with Gasteiger partial charge in [-0.3, -0.25) is 9.89 Å². The summed E-state index contributed by atoms with van der Waals surface area (Å²) in [5, 5.41) is 21.1. The van der Waals surface area contributed by atoms with Crippen LogP contribution in [0.3, 0.4) is 0 Å². The molecule has 11 nitrogen and oxygen atoms in total. The number of hydrogen-bond donors (Lipinski definition) is 3. The van der Waals surface area contributed by atoms with Crippen molar-refractivity contribution in [3.63, 3.8) is 0 Å². The number of amides is 1. The molecule has 174 valence electrons. The van der Waals surface area contributed by atoms with E-state index in [-0.39, 0.29) is 11.9 Å². The number of nitrogens with zero attached hydrogens (tertiary/aromatic N) is 6. The Hall–Kier alpha value is -4.80. The zero-order valence-corrected chi connectivity index (χ0v) is 18.8. The molecule has 3 heterocycles. The van der Waals surface area contributed by atoms with E-state index in [1.165, 1.54) is 18.2 Å². The minimum atomic E-state index is -0.370. The summed E-state index contributed by atoms with van der Waals surface area (Å²) in [5.41, 5.74) is 4.98. The van der Waals surface area contributed by atoms with Gasteiger partial charge in [-0.1, -0.05) is 29.5 Å². The fraction of sp³-hybridized carbons (Fsp3) is 0.167. The number of nitrogens with one attached hydrogen (secondary N) is 3. The van der Waals surface area contributed by atoms with E-state index >= 15 is 0 Å². The second kappa shape index (κ2) is 8.52. The quantitative estimate of drug-likeness (QED) is 0.347. The SMILES string of the molecule is COc1cc2[nH]nnc2cc1C(=O)Nc1ccn(-c2cnc(NC3Cc4ccccc4C3)nc2)n1. The molecule has 0 atom stereocenters. The molecule has 0 radical (unpaired) electrons. The van der Waals surface area contributed by atoms with Crippen LogP contribution in [-0.2, 0) is 12.8 Å². The van der Waals surface area contributed by atoms with Crippen LogP contribution in [0.5, 0.6) is 5.75 Å². The number of ether oxygens (including phenoxy) is 1. The van der Waals surface area contributed by atoms with Crippen LogP contribution in [0.2, 0.25) is 0 Å². The second-order valence-corrected chi connectivity index (χ2v) is 8.26. The smallest absolute Gasteiger partial charge is 0.260 e. The van der Waals surface area contributed by atoms with Crippen molar-refractivity contribution < 1.29 is 9.53 Å². The lowest BCUT2D eigenvalue weighted by Gasteiger charge is -2.12. The summed E-state index contributed by atoms with van der Waals surface area (Å²) in [4.78, 5) is 21.8. The predicted octanol–water partition coefficient (Wildman–Crippen LogP) is 2.77. The molecule has 2 aromatic carbocycles. The van der Waals surface area contributed by atoms with E-state index in [2.05, 4.69) is 65.4 Å². The molecule has 6 rings (SSSR count). The Morgan fingerprint density at radius 3 is 2.63 bits per heavy atom. The first-order valence-electron chi connectivity index (χ1n) is 11.1. The number of carbonyl (C=O) groups excluding carboxylic acids is 1. The zero-order chi connectivity index (χ0) is 23.8.